The second-order valence-corrected chi connectivity index (χ2v) is 10.9. The Morgan fingerprint density at radius 3 is 2.50 bits per heavy atom. The zero-order valence-electron chi connectivity index (χ0n) is 20.6. The minimum absolute atomic E-state index is 0.00471. The topological polar surface area (TPSA) is 117 Å². The number of amides is 2. The number of para-hydroxylation sites is 2. The molecule has 9 heteroatoms. The van der Waals surface area contributed by atoms with E-state index in [1.807, 2.05) is 26.0 Å². The number of hydrogen-bond donors (Lipinski definition) is 3. The van der Waals surface area contributed by atoms with Gasteiger partial charge >= 0.3 is 0 Å². The summed E-state index contributed by atoms with van der Waals surface area (Å²) in [6.07, 6.45) is -0.883. The number of rotatable bonds is 3. The summed E-state index contributed by atoms with van der Waals surface area (Å²) < 4.78 is 1.46. The first kappa shape index (κ1) is 22.9. The van der Waals surface area contributed by atoms with Crippen molar-refractivity contribution in [2.45, 2.75) is 63.5 Å². The van der Waals surface area contributed by atoms with Crippen LogP contribution in [0.3, 0.4) is 0 Å². The van der Waals surface area contributed by atoms with Crippen LogP contribution in [0.1, 0.15) is 57.6 Å². The minimum atomic E-state index is -1.62. The Kier molecular flexibility index (Phi) is 4.75. The second-order valence-electron chi connectivity index (χ2n) is 10.9. The average molecular weight is 488 g/mol. The summed E-state index contributed by atoms with van der Waals surface area (Å²) in [4.78, 5) is 47.0. The van der Waals surface area contributed by atoms with E-state index in [1.54, 1.807) is 55.1 Å². The van der Waals surface area contributed by atoms with Crippen LogP contribution in [0.25, 0.3) is 10.9 Å². The first-order valence-corrected chi connectivity index (χ1v) is 12.3. The Balaban J connectivity index is 1.54. The lowest BCUT2D eigenvalue weighted by Gasteiger charge is -2.39. The quantitative estimate of drug-likeness (QED) is 0.521. The van der Waals surface area contributed by atoms with Crippen LogP contribution < -0.4 is 21.1 Å². The monoisotopic (exact) mass is 487 g/mol. The number of nitrogens with one attached hydrogen (secondary N) is 2. The SMILES string of the molecule is CC(C)[C@@H]1NC(=O)[C@@H](C[C@@]2(O)c3ccccc3N3C(=O)C(C)(C)N[C@H]32)n2c1nc1ccccc1c2=O. The maximum Gasteiger partial charge on any atom is 0.262 e. The molecular formula is C27H29N5O4. The molecule has 6 rings (SSSR count). The van der Waals surface area contributed by atoms with Crippen molar-refractivity contribution < 1.29 is 14.7 Å². The molecule has 4 heterocycles. The molecule has 0 saturated carbocycles. The fourth-order valence-corrected chi connectivity index (χ4v) is 5.95. The Hall–Kier alpha value is -3.56. The zero-order chi connectivity index (χ0) is 25.6. The third-order valence-corrected chi connectivity index (χ3v) is 7.79. The van der Waals surface area contributed by atoms with E-state index in [1.165, 1.54) is 4.57 Å². The Morgan fingerprint density at radius 1 is 1.06 bits per heavy atom. The van der Waals surface area contributed by atoms with Gasteiger partial charge in [-0.05, 0) is 38.0 Å². The van der Waals surface area contributed by atoms with Crippen molar-refractivity contribution in [1.29, 1.82) is 0 Å². The third-order valence-electron chi connectivity index (χ3n) is 7.79. The molecule has 0 spiro atoms. The summed E-state index contributed by atoms with van der Waals surface area (Å²) in [6.45, 7) is 7.47. The summed E-state index contributed by atoms with van der Waals surface area (Å²) in [5.74, 6) is -0.0434. The lowest BCUT2D eigenvalue weighted by Crippen LogP contribution is -2.55. The standard InChI is InChI=1S/C27H29N5O4/c1-14(2)20-21-28-17-11-7-5-9-15(17)23(34)31(21)19(22(33)29-20)13-27(36)16-10-6-8-12-18(16)32-24(27)30-26(3,4)25(32)35/h5-12,14,19-20,24,30,36H,13H2,1-4H3,(H,29,33)/t19-,20+,24-,27-/m1/s1. The molecule has 0 aliphatic carbocycles. The number of carbonyl (C=O) groups excluding carboxylic acids is 2. The van der Waals surface area contributed by atoms with E-state index in [4.69, 9.17) is 4.98 Å². The Labute approximate surface area is 208 Å². The van der Waals surface area contributed by atoms with Gasteiger partial charge in [-0.2, -0.15) is 0 Å². The highest BCUT2D eigenvalue weighted by atomic mass is 16.3. The lowest BCUT2D eigenvalue weighted by molar-refractivity contribution is -0.130. The summed E-state index contributed by atoms with van der Waals surface area (Å²) in [5.41, 5.74) is -1.11. The van der Waals surface area contributed by atoms with E-state index < -0.39 is 29.4 Å². The fourth-order valence-electron chi connectivity index (χ4n) is 5.95. The molecule has 2 amide bonds. The number of benzene rings is 2. The van der Waals surface area contributed by atoms with Crippen LogP contribution in [0, 0.1) is 5.92 Å². The molecule has 4 atom stereocenters. The number of aliphatic hydroxyl groups is 1. The van der Waals surface area contributed by atoms with E-state index in [2.05, 4.69) is 10.6 Å². The third kappa shape index (κ3) is 2.96. The van der Waals surface area contributed by atoms with Gasteiger partial charge < -0.3 is 10.4 Å². The number of hydrogen-bond acceptors (Lipinski definition) is 6. The largest absolute Gasteiger partial charge is 0.381 e. The number of carbonyl (C=O) groups is 2. The molecule has 0 radical (unpaired) electrons. The van der Waals surface area contributed by atoms with Crippen LogP contribution in [-0.2, 0) is 15.2 Å². The number of nitrogens with zero attached hydrogens (tertiary/aromatic N) is 3. The van der Waals surface area contributed by atoms with Crippen molar-refractivity contribution in [1.82, 2.24) is 20.2 Å². The minimum Gasteiger partial charge on any atom is -0.381 e. The van der Waals surface area contributed by atoms with Gasteiger partial charge in [0.1, 0.15) is 23.6 Å². The van der Waals surface area contributed by atoms with Gasteiger partial charge in [0, 0.05) is 12.0 Å². The van der Waals surface area contributed by atoms with Gasteiger partial charge in [0.05, 0.1) is 28.2 Å². The van der Waals surface area contributed by atoms with Crippen molar-refractivity contribution in [3.05, 3.63) is 70.3 Å². The smallest absolute Gasteiger partial charge is 0.262 e. The maximum atomic E-state index is 13.8. The average Bonchev–Trinajstić information content (AvgIpc) is 3.23. The van der Waals surface area contributed by atoms with E-state index >= 15 is 0 Å². The summed E-state index contributed by atoms with van der Waals surface area (Å²) in [6, 6.07) is 12.8. The molecule has 3 aliphatic rings. The van der Waals surface area contributed by atoms with Gasteiger partial charge in [0.25, 0.3) is 5.56 Å². The van der Waals surface area contributed by atoms with Crippen molar-refractivity contribution >= 4 is 28.4 Å². The molecule has 3 N–H and O–H groups in total. The van der Waals surface area contributed by atoms with Gasteiger partial charge in [0.2, 0.25) is 11.8 Å². The van der Waals surface area contributed by atoms with Crippen molar-refractivity contribution in [3.8, 4) is 0 Å². The molecule has 3 aliphatic heterocycles. The molecule has 2 aromatic carbocycles. The predicted molar refractivity (Wildman–Crippen MR) is 134 cm³/mol. The van der Waals surface area contributed by atoms with Crippen LogP contribution in [0.15, 0.2) is 53.3 Å². The Morgan fingerprint density at radius 2 is 1.75 bits per heavy atom. The highest BCUT2D eigenvalue weighted by Gasteiger charge is 2.61. The van der Waals surface area contributed by atoms with Crippen molar-refractivity contribution in [2.75, 3.05) is 4.90 Å². The van der Waals surface area contributed by atoms with Crippen LogP contribution in [0.4, 0.5) is 5.69 Å². The molecule has 0 unspecified atom stereocenters. The number of anilines is 1. The molecular weight excluding hydrogens is 458 g/mol. The van der Waals surface area contributed by atoms with Gasteiger partial charge in [-0.3, -0.25) is 29.2 Å². The summed E-state index contributed by atoms with van der Waals surface area (Å²) in [5, 5.41) is 19.0. The van der Waals surface area contributed by atoms with Crippen molar-refractivity contribution in [2.24, 2.45) is 5.92 Å². The first-order valence-electron chi connectivity index (χ1n) is 12.3. The number of aromatic nitrogens is 2. The fraction of sp³-hybridized carbons (Fsp3) is 0.407. The number of fused-ring (bicyclic) bond motifs is 5. The van der Waals surface area contributed by atoms with Crippen molar-refractivity contribution in [3.63, 3.8) is 0 Å². The van der Waals surface area contributed by atoms with Gasteiger partial charge in [0.15, 0.2) is 0 Å². The molecule has 1 aromatic heterocycles. The van der Waals surface area contributed by atoms with Gasteiger partial charge in [-0.25, -0.2) is 4.98 Å². The van der Waals surface area contributed by atoms with Crippen LogP contribution in [-0.4, -0.2) is 38.2 Å². The molecule has 186 valence electrons. The zero-order valence-corrected chi connectivity index (χ0v) is 20.6. The van der Waals surface area contributed by atoms with E-state index in [-0.39, 0.29) is 29.7 Å². The molecule has 36 heavy (non-hydrogen) atoms. The highest BCUT2D eigenvalue weighted by Crippen LogP contribution is 2.50. The van der Waals surface area contributed by atoms with Crippen LogP contribution in [0.5, 0.6) is 0 Å². The van der Waals surface area contributed by atoms with Gasteiger partial charge in [-0.1, -0.05) is 44.2 Å². The lowest BCUT2D eigenvalue weighted by atomic mass is 9.84. The normalized spacial score (nSPS) is 28.3. The Bertz CT molecular complexity index is 1500. The molecule has 1 fully saturated rings. The summed E-state index contributed by atoms with van der Waals surface area (Å²) in [7, 11) is 0. The molecule has 9 nitrogen and oxygen atoms in total. The predicted octanol–water partition coefficient (Wildman–Crippen LogP) is 2.10. The molecule has 0 bridgehead atoms. The second kappa shape index (κ2) is 7.47. The van der Waals surface area contributed by atoms with E-state index in [0.717, 1.165) is 0 Å². The van der Waals surface area contributed by atoms with Gasteiger partial charge in [-0.15, -0.1) is 0 Å². The highest BCUT2D eigenvalue weighted by molar-refractivity contribution is 6.05. The van der Waals surface area contributed by atoms with Crippen LogP contribution >= 0.6 is 0 Å². The first-order chi connectivity index (χ1) is 17.0. The van der Waals surface area contributed by atoms with Crippen LogP contribution in [0.2, 0.25) is 0 Å². The molecule has 3 aromatic rings. The van der Waals surface area contributed by atoms with E-state index in [0.29, 0.717) is 28.0 Å². The van der Waals surface area contributed by atoms with E-state index in [9.17, 15) is 19.5 Å². The molecule has 1 saturated heterocycles. The maximum absolute atomic E-state index is 13.8. The summed E-state index contributed by atoms with van der Waals surface area (Å²) >= 11 is 0.